The molecule has 1 amide bonds. The molecular weight excluding hydrogens is 452 g/mol. The van der Waals surface area contributed by atoms with Crippen molar-refractivity contribution in [3.8, 4) is 0 Å². The highest BCUT2D eigenvalue weighted by Gasteiger charge is 2.35. The maximum absolute atomic E-state index is 13.5. The number of carbonyl (C=O) groups is 1. The Morgan fingerprint density at radius 3 is 2.53 bits per heavy atom. The molecule has 8 nitrogen and oxygen atoms in total. The summed E-state index contributed by atoms with van der Waals surface area (Å²) in [5.41, 5.74) is 1.59. The fourth-order valence-electron chi connectivity index (χ4n) is 6.08. The third kappa shape index (κ3) is 5.64. The highest BCUT2D eigenvalue weighted by molar-refractivity contribution is 5.97. The molecule has 2 aliphatic carbocycles. The predicted molar refractivity (Wildman–Crippen MR) is 144 cm³/mol. The number of rotatable bonds is 7. The van der Waals surface area contributed by atoms with Crippen LogP contribution in [0.1, 0.15) is 86.8 Å². The van der Waals surface area contributed by atoms with Crippen molar-refractivity contribution in [2.45, 2.75) is 95.2 Å². The van der Waals surface area contributed by atoms with Gasteiger partial charge >= 0.3 is 0 Å². The topological polar surface area (TPSA) is 101 Å². The fraction of sp³-hybridized carbons (Fsp3) is 0.643. The third-order valence-electron chi connectivity index (χ3n) is 7.98. The van der Waals surface area contributed by atoms with Gasteiger partial charge < -0.3 is 20.7 Å². The molecule has 0 bridgehead atoms. The summed E-state index contributed by atoms with van der Waals surface area (Å²) < 4.78 is 5.51. The average Bonchev–Trinajstić information content (AvgIpc) is 3.39. The van der Waals surface area contributed by atoms with Crippen LogP contribution in [0.3, 0.4) is 0 Å². The Bertz CT molecular complexity index is 1110. The van der Waals surface area contributed by atoms with Gasteiger partial charge in [0.15, 0.2) is 0 Å². The van der Waals surface area contributed by atoms with Gasteiger partial charge in [-0.15, -0.1) is 0 Å². The summed E-state index contributed by atoms with van der Waals surface area (Å²) in [6.45, 7) is 3.51. The van der Waals surface area contributed by atoms with Crippen LogP contribution >= 0.6 is 0 Å². The summed E-state index contributed by atoms with van der Waals surface area (Å²) in [4.78, 5) is 27.6. The number of methoxy groups -OCH3 is 1. The van der Waals surface area contributed by atoms with E-state index in [0.29, 0.717) is 12.6 Å². The Balaban J connectivity index is 1.43. The Hall–Kier alpha value is -2.74. The minimum Gasteiger partial charge on any atom is -0.382 e. The number of amidine groups is 1. The molecule has 2 atom stereocenters. The minimum absolute atomic E-state index is 0.217. The summed E-state index contributed by atoms with van der Waals surface area (Å²) in [5, 5.41) is 11.7. The van der Waals surface area contributed by atoms with Gasteiger partial charge in [0.2, 0.25) is 5.82 Å². The highest BCUT2D eigenvalue weighted by atomic mass is 16.5. The van der Waals surface area contributed by atoms with E-state index in [1.807, 2.05) is 12.1 Å². The normalized spacial score (nSPS) is 23.8. The van der Waals surface area contributed by atoms with Gasteiger partial charge in [0.25, 0.3) is 5.91 Å². The lowest BCUT2D eigenvalue weighted by atomic mass is 9.82. The number of nitrogens with one attached hydrogen (secondary N) is 3. The molecular formula is C28H40N6O2. The maximum atomic E-state index is 13.5. The Morgan fingerprint density at radius 2 is 1.81 bits per heavy atom. The number of hydrogen-bond donors (Lipinski definition) is 3. The van der Waals surface area contributed by atoms with Crippen molar-refractivity contribution in [2.24, 2.45) is 4.99 Å². The molecule has 8 heteroatoms. The molecule has 3 aliphatic rings. The summed E-state index contributed by atoms with van der Waals surface area (Å²) in [6, 6.07) is 6.66. The van der Waals surface area contributed by atoms with Crippen LogP contribution in [0.5, 0.6) is 0 Å². The van der Waals surface area contributed by atoms with E-state index in [4.69, 9.17) is 14.7 Å². The van der Waals surface area contributed by atoms with Crippen LogP contribution in [-0.2, 0) is 4.74 Å². The van der Waals surface area contributed by atoms with Crippen molar-refractivity contribution in [3.05, 3.63) is 29.6 Å². The third-order valence-corrected chi connectivity index (χ3v) is 7.98. The molecule has 0 spiro atoms. The second kappa shape index (κ2) is 11.1. The summed E-state index contributed by atoms with van der Waals surface area (Å²) in [6.07, 6.45) is 11.9. The molecule has 1 aliphatic heterocycles. The van der Waals surface area contributed by atoms with E-state index < -0.39 is 0 Å². The maximum Gasteiger partial charge on any atom is 0.289 e. The van der Waals surface area contributed by atoms with E-state index in [1.54, 1.807) is 7.11 Å². The number of aromatic nitrogens is 2. The van der Waals surface area contributed by atoms with E-state index in [0.717, 1.165) is 86.0 Å². The Kier molecular flexibility index (Phi) is 7.70. The van der Waals surface area contributed by atoms with Crippen molar-refractivity contribution in [3.63, 3.8) is 0 Å². The first-order valence-electron chi connectivity index (χ1n) is 13.7. The molecule has 0 radical (unpaired) electrons. The molecule has 36 heavy (non-hydrogen) atoms. The van der Waals surface area contributed by atoms with Crippen LogP contribution in [-0.4, -0.2) is 59.6 Å². The number of nitrogens with zero attached hydrogens (tertiary/aromatic N) is 3. The average molecular weight is 493 g/mol. The molecule has 0 unspecified atom stereocenters. The van der Waals surface area contributed by atoms with E-state index in [9.17, 15) is 4.79 Å². The van der Waals surface area contributed by atoms with Crippen LogP contribution in [0.4, 0.5) is 5.82 Å². The van der Waals surface area contributed by atoms with Gasteiger partial charge in [0.05, 0.1) is 23.5 Å². The number of hydrogen-bond acceptors (Lipinski definition) is 7. The van der Waals surface area contributed by atoms with Gasteiger partial charge in [0, 0.05) is 37.5 Å². The zero-order valence-corrected chi connectivity index (χ0v) is 21.7. The summed E-state index contributed by atoms with van der Waals surface area (Å²) >= 11 is 0. The van der Waals surface area contributed by atoms with Crippen LogP contribution in [0.25, 0.3) is 10.9 Å². The molecule has 2 aromatic rings. The van der Waals surface area contributed by atoms with E-state index in [-0.39, 0.29) is 23.3 Å². The fourth-order valence-corrected chi connectivity index (χ4v) is 6.08. The lowest BCUT2D eigenvalue weighted by molar-refractivity contribution is 0.0631. The number of anilines is 1. The minimum atomic E-state index is -0.344. The van der Waals surface area contributed by atoms with Crippen LogP contribution < -0.4 is 16.0 Å². The van der Waals surface area contributed by atoms with E-state index >= 15 is 0 Å². The number of ether oxygens (including phenoxy) is 1. The molecule has 2 heterocycles. The molecule has 5 rings (SSSR count). The van der Waals surface area contributed by atoms with E-state index in [2.05, 4.69) is 33.9 Å². The number of carbonyl (C=O) groups excluding carboxylic acids is 1. The SMILES string of the molecule is COCC1(NC(=O)c2nc(N[C@H]3CCCC[C@H]3NC3=NCCC3)c3cc(C)ccc3n2)CCCCC1. The predicted octanol–water partition coefficient (Wildman–Crippen LogP) is 4.52. The van der Waals surface area contributed by atoms with Crippen molar-refractivity contribution >= 4 is 28.5 Å². The van der Waals surface area contributed by atoms with Crippen molar-refractivity contribution in [1.82, 2.24) is 20.6 Å². The molecule has 2 saturated carbocycles. The smallest absolute Gasteiger partial charge is 0.289 e. The zero-order valence-electron chi connectivity index (χ0n) is 21.7. The summed E-state index contributed by atoms with van der Waals surface area (Å²) in [7, 11) is 1.70. The number of benzene rings is 1. The molecule has 0 saturated heterocycles. The summed E-state index contributed by atoms with van der Waals surface area (Å²) in [5.74, 6) is 1.87. The molecule has 3 N–H and O–H groups in total. The Morgan fingerprint density at radius 1 is 1.03 bits per heavy atom. The highest BCUT2D eigenvalue weighted by Crippen LogP contribution is 2.30. The first-order valence-corrected chi connectivity index (χ1v) is 13.7. The first-order chi connectivity index (χ1) is 17.5. The van der Waals surface area contributed by atoms with Gasteiger partial charge in [-0.05, 0) is 51.2 Å². The lowest BCUT2D eigenvalue weighted by Crippen LogP contribution is -2.53. The van der Waals surface area contributed by atoms with Crippen LogP contribution in [0, 0.1) is 6.92 Å². The van der Waals surface area contributed by atoms with Crippen LogP contribution in [0.15, 0.2) is 23.2 Å². The number of fused-ring (bicyclic) bond motifs is 1. The Labute approximate surface area is 214 Å². The van der Waals surface area contributed by atoms with Crippen LogP contribution in [0.2, 0.25) is 0 Å². The van der Waals surface area contributed by atoms with Gasteiger partial charge in [-0.3, -0.25) is 9.79 Å². The van der Waals surface area contributed by atoms with Crippen molar-refractivity contribution in [2.75, 3.05) is 25.6 Å². The quantitative estimate of drug-likeness (QED) is 0.525. The number of aliphatic imine (C=N–C) groups is 1. The molecule has 2 fully saturated rings. The lowest BCUT2D eigenvalue weighted by Gasteiger charge is -2.37. The van der Waals surface area contributed by atoms with E-state index in [1.165, 1.54) is 19.3 Å². The first kappa shape index (κ1) is 24.9. The number of amides is 1. The number of aryl methyl sites for hydroxylation is 1. The standard InChI is InChI=1S/C28H40N6O2/c1-19-12-13-21-20(17-19)25(32-23-10-5-4-9-22(23)30-24-11-8-16-29-24)33-26(31-21)27(35)34-28(18-36-2)14-6-3-7-15-28/h12-13,17,22-23H,3-11,14-16,18H2,1-2H3,(H,29,30)(H,34,35)(H,31,32,33)/t22-,23+/m1/s1. The van der Waals surface area contributed by atoms with Gasteiger partial charge in [0.1, 0.15) is 5.82 Å². The second-order valence-corrected chi connectivity index (χ2v) is 10.9. The van der Waals surface area contributed by atoms with Crippen molar-refractivity contribution < 1.29 is 9.53 Å². The largest absolute Gasteiger partial charge is 0.382 e. The second-order valence-electron chi connectivity index (χ2n) is 10.9. The monoisotopic (exact) mass is 492 g/mol. The van der Waals surface area contributed by atoms with Crippen molar-refractivity contribution in [1.29, 1.82) is 0 Å². The van der Waals surface area contributed by atoms with Gasteiger partial charge in [-0.1, -0.05) is 43.7 Å². The molecule has 1 aromatic heterocycles. The molecule has 1 aromatic carbocycles. The zero-order chi connectivity index (χ0) is 25.0. The van der Waals surface area contributed by atoms with Gasteiger partial charge in [-0.25, -0.2) is 9.97 Å². The molecule has 194 valence electrons. The van der Waals surface area contributed by atoms with Gasteiger partial charge in [-0.2, -0.15) is 0 Å².